The highest BCUT2D eigenvalue weighted by Crippen LogP contribution is 2.23. The quantitative estimate of drug-likeness (QED) is 0.816. The summed E-state index contributed by atoms with van der Waals surface area (Å²) in [5.41, 5.74) is 2.46. The van der Waals surface area contributed by atoms with Gasteiger partial charge in [0, 0.05) is 12.1 Å². The molecule has 0 aliphatic heterocycles. The van der Waals surface area contributed by atoms with Gasteiger partial charge in [-0.2, -0.15) is 0 Å². The van der Waals surface area contributed by atoms with Crippen molar-refractivity contribution in [2.24, 2.45) is 0 Å². The average Bonchev–Trinajstić information content (AvgIpc) is 2.53. The van der Waals surface area contributed by atoms with Crippen LogP contribution in [0.15, 0.2) is 54.6 Å². The van der Waals surface area contributed by atoms with Crippen molar-refractivity contribution in [2.75, 3.05) is 5.32 Å². The van der Waals surface area contributed by atoms with Crippen molar-refractivity contribution in [3.8, 4) is 0 Å². The summed E-state index contributed by atoms with van der Waals surface area (Å²) in [7, 11) is 0. The van der Waals surface area contributed by atoms with E-state index in [0.717, 1.165) is 12.0 Å². The molecule has 0 spiro atoms. The number of benzene rings is 2. The number of carbonyl (C=O) groups excluding carboxylic acids is 1. The molecule has 2 aromatic carbocycles. The van der Waals surface area contributed by atoms with E-state index in [1.807, 2.05) is 30.3 Å². The lowest BCUT2D eigenvalue weighted by molar-refractivity contribution is -0.136. The number of carboxylic acids is 1. The molecule has 4 nitrogen and oxygen atoms in total. The van der Waals surface area contributed by atoms with E-state index in [4.69, 9.17) is 5.11 Å². The van der Waals surface area contributed by atoms with Crippen molar-refractivity contribution < 1.29 is 14.7 Å². The molecule has 2 aromatic rings. The second-order valence-corrected chi connectivity index (χ2v) is 5.54. The number of amides is 1. The molecule has 0 heterocycles. The number of hydrogen-bond donors (Lipinski definition) is 2. The van der Waals surface area contributed by atoms with Gasteiger partial charge in [-0.15, -0.1) is 0 Å². The summed E-state index contributed by atoms with van der Waals surface area (Å²) in [4.78, 5) is 23.0. The van der Waals surface area contributed by atoms with Crippen LogP contribution in [0.1, 0.15) is 36.8 Å². The fraction of sp³-hybridized carbons (Fsp3) is 0.263. The van der Waals surface area contributed by atoms with E-state index >= 15 is 0 Å². The normalized spacial score (nSPS) is 11.7. The summed E-state index contributed by atoms with van der Waals surface area (Å²) >= 11 is 0. The number of anilines is 1. The van der Waals surface area contributed by atoms with Crippen LogP contribution in [0.25, 0.3) is 0 Å². The predicted molar refractivity (Wildman–Crippen MR) is 90.5 cm³/mol. The smallest absolute Gasteiger partial charge is 0.307 e. The van der Waals surface area contributed by atoms with Crippen molar-refractivity contribution in [2.45, 2.75) is 32.1 Å². The Hall–Kier alpha value is -2.62. The lowest BCUT2D eigenvalue weighted by atomic mass is 9.93. The minimum atomic E-state index is -0.886. The summed E-state index contributed by atoms with van der Waals surface area (Å²) in [6.07, 6.45) is 1.24. The number of carbonyl (C=O) groups is 2. The minimum absolute atomic E-state index is 0.0503. The van der Waals surface area contributed by atoms with Crippen LogP contribution in [0.4, 0.5) is 5.69 Å². The van der Waals surface area contributed by atoms with E-state index in [0.29, 0.717) is 17.7 Å². The Morgan fingerprint density at radius 1 is 1.09 bits per heavy atom. The number of rotatable bonds is 7. The highest BCUT2D eigenvalue weighted by atomic mass is 16.4. The van der Waals surface area contributed by atoms with Gasteiger partial charge in [-0.3, -0.25) is 9.59 Å². The SMILES string of the molecule is CCC(CC(=O)Nc1cccc(CC(=O)O)c1)c1ccccc1. The Morgan fingerprint density at radius 3 is 2.48 bits per heavy atom. The zero-order valence-corrected chi connectivity index (χ0v) is 13.2. The molecule has 0 aliphatic rings. The van der Waals surface area contributed by atoms with Gasteiger partial charge in [0.2, 0.25) is 5.91 Å². The van der Waals surface area contributed by atoms with Gasteiger partial charge in [0.05, 0.1) is 6.42 Å². The minimum Gasteiger partial charge on any atom is -0.481 e. The molecule has 0 aromatic heterocycles. The number of aliphatic carboxylic acids is 1. The van der Waals surface area contributed by atoms with E-state index in [9.17, 15) is 9.59 Å². The van der Waals surface area contributed by atoms with Crippen molar-refractivity contribution in [1.29, 1.82) is 0 Å². The Labute approximate surface area is 136 Å². The molecule has 0 saturated heterocycles. The Kier molecular flexibility index (Phi) is 5.92. The lowest BCUT2D eigenvalue weighted by Crippen LogP contribution is -2.15. The van der Waals surface area contributed by atoms with Gasteiger partial charge in [-0.25, -0.2) is 0 Å². The summed E-state index contributed by atoms with van der Waals surface area (Å²) in [5, 5.41) is 11.7. The van der Waals surface area contributed by atoms with Crippen LogP contribution in [-0.4, -0.2) is 17.0 Å². The molecule has 1 amide bonds. The maximum Gasteiger partial charge on any atom is 0.307 e. The molecular formula is C19H21NO3. The standard InChI is InChI=1S/C19H21NO3/c1-2-15(16-8-4-3-5-9-16)13-18(21)20-17-10-6-7-14(11-17)12-19(22)23/h3-11,15H,2,12-13H2,1H3,(H,20,21)(H,22,23). The Bertz CT molecular complexity index is 667. The summed E-state index contributed by atoms with van der Waals surface area (Å²) < 4.78 is 0. The second-order valence-electron chi connectivity index (χ2n) is 5.54. The van der Waals surface area contributed by atoms with Crippen LogP contribution >= 0.6 is 0 Å². The van der Waals surface area contributed by atoms with Crippen LogP contribution < -0.4 is 5.32 Å². The number of carboxylic acid groups (broad SMARTS) is 1. The Morgan fingerprint density at radius 2 is 1.83 bits per heavy atom. The monoisotopic (exact) mass is 311 g/mol. The molecule has 0 fully saturated rings. The van der Waals surface area contributed by atoms with E-state index in [1.54, 1.807) is 24.3 Å². The molecule has 23 heavy (non-hydrogen) atoms. The second kappa shape index (κ2) is 8.13. The molecule has 0 radical (unpaired) electrons. The third-order valence-electron chi connectivity index (χ3n) is 3.76. The van der Waals surface area contributed by atoms with E-state index in [2.05, 4.69) is 12.2 Å². The van der Waals surface area contributed by atoms with Gasteiger partial charge in [0.1, 0.15) is 0 Å². The van der Waals surface area contributed by atoms with Crippen LogP contribution in [0.5, 0.6) is 0 Å². The van der Waals surface area contributed by atoms with E-state index in [-0.39, 0.29) is 18.2 Å². The van der Waals surface area contributed by atoms with Crippen LogP contribution in [0.2, 0.25) is 0 Å². The third-order valence-corrected chi connectivity index (χ3v) is 3.76. The largest absolute Gasteiger partial charge is 0.481 e. The van der Waals surface area contributed by atoms with Crippen molar-refractivity contribution >= 4 is 17.6 Å². The van der Waals surface area contributed by atoms with Crippen molar-refractivity contribution in [3.63, 3.8) is 0 Å². The fourth-order valence-corrected chi connectivity index (χ4v) is 2.59. The van der Waals surface area contributed by atoms with Gasteiger partial charge in [0.15, 0.2) is 0 Å². The zero-order chi connectivity index (χ0) is 16.7. The van der Waals surface area contributed by atoms with Crippen molar-refractivity contribution in [1.82, 2.24) is 0 Å². The first-order valence-electron chi connectivity index (χ1n) is 7.74. The summed E-state index contributed by atoms with van der Waals surface area (Å²) in [5.74, 6) is -0.768. The number of hydrogen-bond acceptors (Lipinski definition) is 2. The highest BCUT2D eigenvalue weighted by molar-refractivity contribution is 5.91. The first kappa shape index (κ1) is 16.7. The van der Waals surface area contributed by atoms with E-state index < -0.39 is 5.97 Å². The van der Waals surface area contributed by atoms with Gasteiger partial charge < -0.3 is 10.4 Å². The molecule has 4 heteroatoms. The summed E-state index contributed by atoms with van der Waals surface area (Å²) in [6, 6.07) is 17.0. The van der Waals surface area contributed by atoms with Crippen LogP contribution in [0.3, 0.4) is 0 Å². The molecule has 2 N–H and O–H groups in total. The molecule has 2 rings (SSSR count). The van der Waals surface area contributed by atoms with Crippen LogP contribution in [-0.2, 0) is 16.0 Å². The Balaban J connectivity index is 2.00. The molecule has 0 aliphatic carbocycles. The van der Waals surface area contributed by atoms with Gasteiger partial charge in [-0.05, 0) is 35.6 Å². The summed E-state index contributed by atoms with van der Waals surface area (Å²) in [6.45, 7) is 2.07. The maximum atomic E-state index is 12.3. The topological polar surface area (TPSA) is 66.4 Å². The van der Waals surface area contributed by atoms with Gasteiger partial charge >= 0.3 is 5.97 Å². The lowest BCUT2D eigenvalue weighted by Gasteiger charge is -2.15. The first-order valence-corrected chi connectivity index (χ1v) is 7.74. The van der Waals surface area contributed by atoms with Gasteiger partial charge in [-0.1, -0.05) is 49.4 Å². The molecule has 0 bridgehead atoms. The highest BCUT2D eigenvalue weighted by Gasteiger charge is 2.14. The third kappa shape index (κ3) is 5.25. The van der Waals surface area contributed by atoms with Crippen molar-refractivity contribution in [3.05, 3.63) is 65.7 Å². The molecular weight excluding hydrogens is 290 g/mol. The first-order chi connectivity index (χ1) is 11.1. The van der Waals surface area contributed by atoms with E-state index in [1.165, 1.54) is 0 Å². The average molecular weight is 311 g/mol. The zero-order valence-electron chi connectivity index (χ0n) is 13.2. The predicted octanol–water partition coefficient (Wildman–Crippen LogP) is 3.84. The van der Waals surface area contributed by atoms with Crippen LogP contribution in [0, 0.1) is 0 Å². The molecule has 1 unspecified atom stereocenters. The molecule has 120 valence electrons. The van der Waals surface area contributed by atoms with Gasteiger partial charge in [0.25, 0.3) is 0 Å². The molecule has 1 atom stereocenters. The molecule has 0 saturated carbocycles. The number of nitrogens with one attached hydrogen (secondary N) is 1. The fourth-order valence-electron chi connectivity index (χ4n) is 2.59. The maximum absolute atomic E-state index is 12.3.